The monoisotopic (exact) mass is 574 g/mol. The van der Waals surface area contributed by atoms with E-state index in [-0.39, 0.29) is 12.1 Å². The molecule has 0 saturated heterocycles. The standard InChI is InChI=1S/C12H17I3O2/c1-3-8(2)9-4-6-10(7-5-9)17-11(16)12(13,14)15/h3,9-10H,4-7H2,1-2H3/b8-3+. The van der Waals surface area contributed by atoms with E-state index in [1.54, 1.807) is 0 Å². The van der Waals surface area contributed by atoms with Gasteiger partial charge < -0.3 is 4.74 Å². The first-order valence-electron chi connectivity index (χ1n) is 5.75. The maximum Gasteiger partial charge on any atom is 0.342 e. The fourth-order valence-corrected chi connectivity index (χ4v) is 2.47. The molecule has 0 radical (unpaired) electrons. The van der Waals surface area contributed by atoms with Crippen molar-refractivity contribution < 1.29 is 9.53 Å². The molecule has 1 rings (SSSR count). The highest BCUT2D eigenvalue weighted by Crippen LogP contribution is 2.38. The summed E-state index contributed by atoms with van der Waals surface area (Å²) in [5.74, 6) is 0.587. The van der Waals surface area contributed by atoms with Gasteiger partial charge in [0.2, 0.25) is -0.565 Å². The van der Waals surface area contributed by atoms with Crippen molar-refractivity contribution in [2.24, 2.45) is 5.92 Å². The molecule has 2 nitrogen and oxygen atoms in total. The molecule has 0 aromatic heterocycles. The Morgan fingerprint density at radius 3 is 2.18 bits per heavy atom. The van der Waals surface area contributed by atoms with Gasteiger partial charge in [-0.15, -0.1) is 0 Å². The molecule has 0 spiro atoms. The zero-order valence-electron chi connectivity index (χ0n) is 10.0. The van der Waals surface area contributed by atoms with Crippen molar-refractivity contribution >= 4 is 73.7 Å². The largest absolute Gasteiger partial charge is 0.460 e. The molecule has 0 aromatic carbocycles. The number of ether oxygens (including phenoxy) is 1. The summed E-state index contributed by atoms with van der Waals surface area (Å²) in [5.41, 5.74) is 1.47. The van der Waals surface area contributed by atoms with Crippen LogP contribution >= 0.6 is 67.8 Å². The van der Waals surface area contributed by atoms with Gasteiger partial charge in [0.1, 0.15) is 6.10 Å². The topological polar surface area (TPSA) is 26.3 Å². The third kappa shape index (κ3) is 5.50. The molecule has 0 heterocycles. The van der Waals surface area contributed by atoms with E-state index < -0.39 is -0.565 Å². The van der Waals surface area contributed by atoms with E-state index in [0.717, 1.165) is 25.7 Å². The number of carbonyl (C=O) groups excluding carboxylic acids is 1. The second-order valence-corrected chi connectivity index (χ2v) is 15.5. The molecule has 0 aliphatic heterocycles. The Morgan fingerprint density at radius 1 is 1.24 bits per heavy atom. The Bertz CT molecular complexity index is 299. The van der Waals surface area contributed by atoms with E-state index in [4.69, 9.17) is 4.74 Å². The molecular weight excluding hydrogens is 557 g/mol. The first-order chi connectivity index (χ1) is 7.84. The molecule has 0 unspecified atom stereocenters. The Morgan fingerprint density at radius 2 is 1.76 bits per heavy atom. The molecule has 1 aliphatic carbocycles. The first-order valence-corrected chi connectivity index (χ1v) is 8.98. The maximum atomic E-state index is 11.7. The Kier molecular flexibility index (Phi) is 7.02. The van der Waals surface area contributed by atoms with Crippen LogP contribution in [0.4, 0.5) is 0 Å². The number of esters is 1. The Balaban J connectivity index is 2.41. The number of hydrogen-bond acceptors (Lipinski definition) is 2. The van der Waals surface area contributed by atoms with Crippen molar-refractivity contribution in [2.45, 2.75) is 45.1 Å². The van der Waals surface area contributed by atoms with Gasteiger partial charge in [0.25, 0.3) is 0 Å². The highest BCUT2D eigenvalue weighted by Gasteiger charge is 2.33. The third-order valence-corrected chi connectivity index (χ3v) is 4.60. The number of halogens is 3. The number of allylic oxidation sites excluding steroid dienone is 2. The van der Waals surface area contributed by atoms with E-state index in [9.17, 15) is 4.79 Å². The molecule has 1 fully saturated rings. The quantitative estimate of drug-likeness (QED) is 0.205. The minimum absolute atomic E-state index is 0.106. The number of rotatable bonds is 3. The molecule has 1 saturated carbocycles. The molecular formula is C12H17I3O2. The van der Waals surface area contributed by atoms with Gasteiger partial charge in [-0.3, -0.25) is 0 Å². The summed E-state index contributed by atoms with van der Waals surface area (Å²) in [6.07, 6.45) is 6.61. The number of carbonyl (C=O) groups is 1. The first kappa shape index (κ1) is 16.5. The van der Waals surface area contributed by atoms with E-state index in [2.05, 4.69) is 87.7 Å². The van der Waals surface area contributed by atoms with Crippen molar-refractivity contribution in [1.82, 2.24) is 0 Å². The van der Waals surface area contributed by atoms with Crippen molar-refractivity contribution in [3.63, 3.8) is 0 Å². The Labute approximate surface area is 144 Å². The van der Waals surface area contributed by atoms with E-state index in [1.807, 2.05) is 0 Å². The van der Waals surface area contributed by atoms with Gasteiger partial charge in [-0.2, -0.15) is 0 Å². The lowest BCUT2D eigenvalue weighted by Gasteiger charge is -2.29. The summed E-state index contributed by atoms with van der Waals surface area (Å²) in [7, 11) is 0. The van der Waals surface area contributed by atoms with Gasteiger partial charge in [-0.05, 0) is 113 Å². The molecule has 0 amide bonds. The second-order valence-electron chi connectivity index (χ2n) is 4.41. The Hall–Kier alpha value is 1.40. The SMILES string of the molecule is C/C=C(\C)C1CCC(OC(=O)C(I)(I)I)CC1. The van der Waals surface area contributed by atoms with Crippen LogP contribution in [0.3, 0.4) is 0 Å². The van der Waals surface area contributed by atoms with Gasteiger partial charge in [0.05, 0.1) is 0 Å². The minimum Gasteiger partial charge on any atom is -0.460 e. The van der Waals surface area contributed by atoms with Crippen molar-refractivity contribution in [3.8, 4) is 0 Å². The summed E-state index contributed by atoms with van der Waals surface area (Å²) in [6, 6.07) is 0. The van der Waals surface area contributed by atoms with E-state index in [0.29, 0.717) is 5.92 Å². The van der Waals surface area contributed by atoms with Crippen LogP contribution in [0.2, 0.25) is 0 Å². The summed E-state index contributed by atoms with van der Waals surface area (Å²) in [5, 5.41) is 0. The average Bonchev–Trinajstić information content (AvgIpc) is 2.27. The van der Waals surface area contributed by atoms with Crippen LogP contribution < -0.4 is 0 Å². The van der Waals surface area contributed by atoms with Crippen LogP contribution in [0.1, 0.15) is 39.5 Å². The highest BCUT2D eigenvalue weighted by molar-refractivity contribution is 14.3. The normalized spacial score (nSPS) is 26.8. The molecule has 5 heteroatoms. The lowest BCUT2D eigenvalue weighted by molar-refractivity contribution is -0.147. The predicted molar refractivity (Wildman–Crippen MR) is 96.1 cm³/mol. The molecule has 98 valence electrons. The summed E-state index contributed by atoms with van der Waals surface area (Å²) in [6.45, 7) is 4.29. The molecule has 0 bridgehead atoms. The number of alkyl halides is 3. The molecule has 0 atom stereocenters. The zero-order valence-corrected chi connectivity index (χ0v) is 16.5. The summed E-state index contributed by atoms with van der Waals surface area (Å²) in [4.78, 5) is 11.7. The van der Waals surface area contributed by atoms with Crippen LogP contribution in [-0.4, -0.2) is 11.5 Å². The second kappa shape index (κ2) is 7.25. The lowest BCUT2D eigenvalue weighted by atomic mass is 9.83. The smallest absolute Gasteiger partial charge is 0.342 e. The van der Waals surface area contributed by atoms with Gasteiger partial charge in [-0.1, -0.05) is 11.6 Å². The minimum atomic E-state index is -0.469. The van der Waals surface area contributed by atoms with Crippen LogP contribution in [0.25, 0.3) is 0 Å². The van der Waals surface area contributed by atoms with Crippen LogP contribution in [0, 0.1) is 5.92 Å². The zero-order chi connectivity index (χ0) is 13.1. The fraction of sp³-hybridized carbons (Fsp3) is 0.750. The molecule has 1 aliphatic rings. The fourth-order valence-electron chi connectivity index (χ4n) is 2.09. The maximum absolute atomic E-state index is 11.7. The van der Waals surface area contributed by atoms with Gasteiger partial charge in [-0.25, -0.2) is 4.79 Å². The van der Waals surface area contributed by atoms with Gasteiger partial charge in [0.15, 0.2) is 0 Å². The van der Waals surface area contributed by atoms with E-state index >= 15 is 0 Å². The van der Waals surface area contributed by atoms with E-state index in [1.165, 1.54) is 5.57 Å². The lowest BCUT2D eigenvalue weighted by Crippen LogP contribution is -2.29. The number of hydrogen-bond donors (Lipinski definition) is 0. The molecule has 17 heavy (non-hydrogen) atoms. The average molecular weight is 574 g/mol. The highest BCUT2D eigenvalue weighted by atomic mass is 127. The van der Waals surface area contributed by atoms with Crippen LogP contribution in [-0.2, 0) is 9.53 Å². The van der Waals surface area contributed by atoms with Crippen molar-refractivity contribution in [1.29, 1.82) is 0 Å². The summed E-state index contributed by atoms with van der Waals surface area (Å²) < 4.78 is 5.07. The molecule has 0 N–H and O–H groups in total. The van der Waals surface area contributed by atoms with Gasteiger partial charge in [0, 0.05) is 0 Å². The van der Waals surface area contributed by atoms with Crippen molar-refractivity contribution in [2.75, 3.05) is 0 Å². The predicted octanol–water partition coefficient (Wildman–Crippen LogP) is 5.01. The van der Waals surface area contributed by atoms with Crippen LogP contribution in [0.15, 0.2) is 11.6 Å². The molecule has 0 aromatic rings. The van der Waals surface area contributed by atoms with Gasteiger partial charge >= 0.3 is 5.97 Å². The van der Waals surface area contributed by atoms with Crippen LogP contribution in [0.5, 0.6) is 0 Å². The third-order valence-electron chi connectivity index (χ3n) is 3.28. The van der Waals surface area contributed by atoms with Crippen molar-refractivity contribution in [3.05, 3.63) is 11.6 Å². The summed E-state index contributed by atoms with van der Waals surface area (Å²) >= 11 is 6.33.